The van der Waals surface area contributed by atoms with Gasteiger partial charge in [-0.15, -0.1) is 11.3 Å². The van der Waals surface area contributed by atoms with Crippen molar-refractivity contribution in [2.75, 3.05) is 12.3 Å². The molecule has 0 aliphatic heterocycles. The Balaban J connectivity index is 2.03. The Morgan fingerprint density at radius 3 is 2.85 bits per heavy atom. The third kappa shape index (κ3) is 2.14. The molecule has 3 rings (SSSR count). The van der Waals surface area contributed by atoms with Crippen LogP contribution in [0.1, 0.15) is 17.4 Å². The van der Waals surface area contributed by atoms with Gasteiger partial charge in [0.25, 0.3) is 0 Å². The first-order valence-electron chi connectivity index (χ1n) is 6.18. The zero-order valence-corrected chi connectivity index (χ0v) is 11.7. The third-order valence-electron chi connectivity index (χ3n) is 2.90. The molecule has 0 amide bonds. The maximum absolute atomic E-state index is 11.8. The van der Waals surface area contributed by atoms with Crippen LogP contribution in [0.4, 0.5) is 5.69 Å². The quantitative estimate of drug-likeness (QED) is 0.594. The van der Waals surface area contributed by atoms with E-state index in [9.17, 15) is 4.79 Å². The number of benzene rings is 1. The number of nitrogen functional groups attached to an aromatic ring is 1. The van der Waals surface area contributed by atoms with Crippen molar-refractivity contribution in [1.29, 1.82) is 0 Å². The van der Waals surface area contributed by atoms with Crippen molar-refractivity contribution in [3.05, 3.63) is 41.5 Å². The molecule has 0 bridgehead atoms. The molecule has 102 valence electrons. The molecule has 6 heteroatoms. The van der Waals surface area contributed by atoms with E-state index in [0.717, 1.165) is 16.2 Å². The first kappa shape index (κ1) is 12.7. The molecule has 0 saturated carbocycles. The second-order valence-electron chi connectivity index (χ2n) is 4.24. The van der Waals surface area contributed by atoms with E-state index in [1.165, 1.54) is 11.3 Å². The van der Waals surface area contributed by atoms with Crippen LogP contribution in [0.25, 0.3) is 16.2 Å². The van der Waals surface area contributed by atoms with Gasteiger partial charge in [0.2, 0.25) is 0 Å². The lowest BCUT2D eigenvalue weighted by Gasteiger charge is -1.99. The van der Waals surface area contributed by atoms with Gasteiger partial charge in [-0.3, -0.25) is 4.40 Å². The Bertz CT molecular complexity index is 758. The van der Waals surface area contributed by atoms with Gasteiger partial charge in [0, 0.05) is 22.8 Å². The Hall–Kier alpha value is -2.34. The number of aromatic nitrogens is 2. The van der Waals surface area contributed by atoms with E-state index in [2.05, 4.69) is 4.98 Å². The molecule has 0 atom stereocenters. The van der Waals surface area contributed by atoms with Crippen LogP contribution in [-0.2, 0) is 4.74 Å². The number of carbonyl (C=O) groups is 1. The van der Waals surface area contributed by atoms with Gasteiger partial charge in [0.1, 0.15) is 5.69 Å². The van der Waals surface area contributed by atoms with Crippen LogP contribution in [0.3, 0.4) is 0 Å². The maximum Gasteiger partial charge on any atom is 0.356 e. The summed E-state index contributed by atoms with van der Waals surface area (Å²) in [4.78, 5) is 17.1. The lowest BCUT2D eigenvalue weighted by atomic mass is 10.1. The Labute approximate surface area is 119 Å². The number of ether oxygens (including phenoxy) is 1. The van der Waals surface area contributed by atoms with Crippen molar-refractivity contribution in [2.45, 2.75) is 6.92 Å². The van der Waals surface area contributed by atoms with Gasteiger partial charge in [-0.25, -0.2) is 9.78 Å². The molecule has 20 heavy (non-hydrogen) atoms. The van der Waals surface area contributed by atoms with Crippen molar-refractivity contribution >= 4 is 28.0 Å². The fourth-order valence-electron chi connectivity index (χ4n) is 1.93. The maximum atomic E-state index is 11.8. The normalized spacial score (nSPS) is 10.8. The first-order valence-corrected chi connectivity index (χ1v) is 7.06. The van der Waals surface area contributed by atoms with Gasteiger partial charge in [0.15, 0.2) is 4.96 Å². The number of rotatable bonds is 3. The summed E-state index contributed by atoms with van der Waals surface area (Å²) < 4.78 is 6.79. The molecule has 5 nitrogen and oxygen atoms in total. The van der Waals surface area contributed by atoms with Crippen molar-refractivity contribution in [1.82, 2.24) is 9.38 Å². The van der Waals surface area contributed by atoms with Crippen molar-refractivity contribution in [3.63, 3.8) is 0 Å². The molecule has 0 spiro atoms. The van der Waals surface area contributed by atoms with Crippen LogP contribution in [0.5, 0.6) is 0 Å². The number of hydrogen-bond acceptors (Lipinski definition) is 5. The van der Waals surface area contributed by atoms with E-state index < -0.39 is 0 Å². The van der Waals surface area contributed by atoms with Crippen LogP contribution in [0.15, 0.2) is 35.8 Å². The van der Waals surface area contributed by atoms with Gasteiger partial charge >= 0.3 is 5.97 Å². The summed E-state index contributed by atoms with van der Waals surface area (Å²) in [5.41, 5.74) is 8.65. The average Bonchev–Trinajstić information content (AvgIpc) is 2.99. The molecule has 0 radical (unpaired) electrons. The summed E-state index contributed by atoms with van der Waals surface area (Å²) in [6.07, 6.45) is 1.84. The Kier molecular flexibility index (Phi) is 3.15. The molecular formula is C14H13N3O2S. The predicted octanol–water partition coefficient (Wildman–Crippen LogP) is 2.82. The zero-order chi connectivity index (χ0) is 14.1. The number of nitrogens with zero attached hydrogens (tertiary/aromatic N) is 2. The predicted molar refractivity (Wildman–Crippen MR) is 78.9 cm³/mol. The van der Waals surface area contributed by atoms with Crippen LogP contribution >= 0.6 is 11.3 Å². The van der Waals surface area contributed by atoms with Crippen LogP contribution in [0, 0.1) is 0 Å². The van der Waals surface area contributed by atoms with Gasteiger partial charge in [-0.1, -0.05) is 12.1 Å². The minimum absolute atomic E-state index is 0.333. The molecule has 0 unspecified atom stereocenters. The monoisotopic (exact) mass is 287 g/mol. The lowest BCUT2D eigenvalue weighted by Crippen LogP contribution is -2.06. The van der Waals surface area contributed by atoms with Crippen LogP contribution < -0.4 is 5.73 Å². The standard InChI is InChI=1S/C14H13N3O2S/c1-2-19-13(18)12-8-20-14-16-11(7-17(12)14)9-3-5-10(15)6-4-9/h3-8H,2,15H2,1H3. The molecule has 2 heterocycles. The second kappa shape index (κ2) is 4.97. The molecule has 2 aromatic heterocycles. The van der Waals surface area contributed by atoms with Gasteiger partial charge in [-0.05, 0) is 19.1 Å². The van der Waals surface area contributed by atoms with Crippen LogP contribution in [0.2, 0.25) is 0 Å². The van der Waals surface area contributed by atoms with Crippen molar-refractivity contribution in [2.24, 2.45) is 0 Å². The molecular weight excluding hydrogens is 274 g/mol. The van der Waals surface area contributed by atoms with E-state index in [-0.39, 0.29) is 5.97 Å². The summed E-state index contributed by atoms with van der Waals surface area (Å²) in [5.74, 6) is -0.333. The zero-order valence-electron chi connectivity index (χ0n) is 10.9. The number of hydrogen-bond donors (Lipinski definition) is 1. The molecule has 1 aromatic carbocycles. The number of thiazole rings is 1. The fraction of sp³-hybridized carbons (Fsp3) is 0.143. The highest BCUT2D eigenvalue weighted by molar-refractivity contribution is 7.15. The Morgan fingerprint density at radius 1 is 1.40 bits per heavy atom. The van der Waals surface area contributed by atoms with E-state index >= 15 is 0 Å². The summed E-state index contributed by atoms with van der Waals surface area (Å²) in [7, 11) is 0. The highest BCUT2D eigenvalue weighted by Gasteiger charge is 2.15. The molecule has 0 aliphatic rings. The molecule has 2 N–H and O–H groups in total. The van der Waals surface area contributed by atoms with Crippen molar-refractivity contribution < 1.29 is 9.53 Å². The molecule has 0 saturated heterocycles. The number of carbonyl (C=O) groups excluding carboxylic acids is 1. The van der Waals surface area contributed by atoms with E-state index in [1.54, 1.807) is 16.7 Å². The molecule has 0 aliphatic carbocycles. The third-order valence-corrected chi connectivity index (χ3v) is 3.74. The second-order valence-corrected chi connectivity index (χ2v) is 5.08. The summed E-state index contributed by atoms with van der Waals surface area (Å²) in [5, 5.41) is 1.76. The van der Waals surface area contributed by atoms with E-state index in [4.69, 9.17) is 10.5 Å². The summed E-state index contributed by atoms with van der Waals surface area (Å²) in [6, 6.07) is 7.47. The van der Waals surface area contributed by atoms with E-state index in [0.29, 0.717) is 18.0 Å². The fourth-order valence-corrected chi connectivity index (χ4v) is 2.77. The number of nitrogens with two attached hydrogens (primary N) is 1. The average molecular weight is 287 g/mol. The van der Waals surface area contributed by atoms with Crippen LogP contribution in [-0.4, -0.2) is 22.0 Å². The van der Waals surface area contributed by atoms with Gasteiger partial charge in [-0.2, -0.15) is 0 Å². The number of anilines is 1. The largest absolute Gasteiger partial charge is 0.461 e. The smallest absolute Gasteiger partial charge is 0.356 e. The highest BCUT2D eigenvalue weighted by atomic mass is 32.1. The number of esters is 1. The SMILES string of the molecule is CCOC(=O)c1csc2nc(-c3ccc(N)cc3)cn12. The summed E-state index contributed by atoms with van der Waals surface area (Å²) in [6.45, 7) is 2.14. The minimum Gasteiger partial charge on any atom is -0.461 e. The number of imidazole rings is 1. The van der Waals surface area contributed by atoms with Gasteiger partial charge in [0.05, 0.1) is 12.3 Å². The number of fused-ring (bicyclic) bond motifs is 1. The topological polar surface area (TPSA) is 69.6 Å². The Morgan fingerprint density at radius 2 is 2.15 bits per heavy atom. The molecule has 0 fully saturated rings. The first-order chi connectivity index (χ1) is 9.69. The minimum atomic E-state index is -0.333. The molecule has 3 aromatic rings. The van der Waals surface area contributed by atoms with E-state index in [1.807, 2.05) is 30.5 Å². The highest BCUT2D eigenvalue weighted by Crippen LogP contribution is 2.24. The lowest BCUT2D eigenvalue weighted by molar-refractivity contribution is 0.0518. The van der Waals surface area contributed by atoms with Crippen molar-refractivity contribution in [3.8, 4) is 11.3 Å². The van der Waals surface area contributed by atoms with Gasteiger partial charge < -0.3 is 10.5 Å². The summed E-state index contributed by atoms with van der Waals surface area (Å²) >= 11 is 1.41.